The third-order valence-corrected chi connectivity index (χ3v) is 2.04. The van der Waals surface area contributed by atoms with E-state index in [4.69, 9.17) is 4.74 Å². The van der Waals surface area contributed by atoms with Crippen molar-refractivity contribution in [3.05, 3.63) is 0 Å². The number of carbonyl (C=O) groups excluding carboxylic acids is 1. The Morgan fingerprint density at radius 3 is 2.13 bits per heavy atom. The van der Waals surface area contributed by atoms with Crippen LogP contribution in [0.15, 0.2) is 0 Å². The second-order valence-corrected chi connectivity index (χ2v) is 5.77. The lowest BCUT2D eigenvalue weighted by atomic mass is 9.88. The predicted molar refractivity (Wildman–Crippen MR) is 62.9 cm³/mol. The van der Waals surface area contributed by atoms with E-state index in [2.05, 4.69) is 26.1 Å². The van der Waals surface area contributed by atoms with E-state index in [1.54, 1.807) is 0 Å². The lowest BCUT2D eigenvalue weighted by Gasteiger charge is -2.26. The maximum absolute atomic E-state index is 11.4. The number of carbonyl (C=O) groups is 1. The number of alkyl carbamates (subject to hydrolysis) is 1. The largest absolute Gasteiger partial charge is 0.444 e. The lowest BCUT2D eigenvalue weighted by Crippen LogP contribution is -2.37. The highest BCUT2D eigenvalue weighted by Gasteiger charge is 2.20. The maximum atomic E-state index is 11.4. The molecule has 0 saturated carbocycles. The van der Waals surface area contributed by atoms with Crippen molar-refractivity contribution >= 4 is 6.09 Å². The van der Waals surface area contributed by atoms with Crippen LogP contribution in [0.25, 0.3) is 0 Å². The number of rotatable bonds is 4. The molecule has 0 aromatic rings. The molecule has 0 rings (SSSR count). The first-order chi connectivity index (χ1) is 6.66. The van der Waals surface area contributed by atoms with Gasteiger partial charge in [0.1, 0.15) is 5.60 Å². The van der Waals surface area contributed by atoms with Crippen molar-refractivity contribution in [2.45, 2.75) is 60.0 Å². The summed E-state index contributed by atoms with van der Waals surface area (Å²) in [4.78, 5) is 11.4. The molecule has 3 heteroatoms. The van der Waals surface area contributed by atoms with Crippen molar-refractivity contribution < 1.29 is 9.53 Å². The van der Waals surface area contributed by atoms with Gasteiger partial charge in [0.2, 0.25) is 0 Å². The average Bonchev–Trinajstić information content (AvgIpc) is 1.98. The highest BCUT2D eigenvalue weighted by atomic mass is 16.6. The fourth-order valence-corrected chi connectivity index (χ4v) is 1.39. The second-order valence-electron chi connectivity index (χ2n) is 5.77. The van der Waals surface area contributed by atoms with Crippen LogP contribution in [0.3, 0.4) is 0 Å². The van der Waals surface area contributed by atoms with E-state index in [0.717, 1.165) is 12.8 Å². The Bertz CT molecular complexity index is 204. The standard InChI is InChI=1S/C12H25NO2/c1-7-8-12(5,6)9-13-10(14)15-11(2,3)4/h7-9H2,1-6H3,(H,13,14). The van der Waals surface area contributed by atoms with Crippen molar-refractivity contribution in [1.29, 1.82) is 0 Å². The topological polar surface area (TPSA) is 38.3 Å². The summed E-state index contributed by atoms with van der Waals surface area (Å²) in [5.41, 5.74) is -0.273. The average molecular weight is 215 g/mol. The Morgan fingerprint density at radius 1 is 1.20 bits per heavy atom. The molecule has 0 aliphatic carbocycles. The molecule has 90 valence electrons. The summed E-state index contributed by atoms with van der Waals surface area (Å²) in [7, 11) is 0. The normalized spacial score (nSPS) is 12.4. The highest BCUT2D eigenvalue weighted by Crippen LogP contribution is 2.20. The van der Waals surface area contributed by atoms with Gasteiger partial charge in [0.25, 0.3) is 0 Å². The lowest BCUT2D eigenvalue weighted by molar-refractivity contribution is 0.0504. The number of nitrogens with one attached hydrogen (secondary N) is 1. The zero-order valence-corrected chi connectivity index (χ0v) is 10.9. The summed E-state index contributed by atoms with van der Waals surface area (Å²) in [6.07, 6.45) is 1.90. The molecule has 0 aliphatic rings. The van der Waals surface area contributed by atoms with Crippen molar-refractivity contribution in [2.75, 3.05) is 6.54 Å². The van der Waals surface area contributed by atoms with E-state index >= 15 is 0 Å². The van der Waals surface area contributed by atoms with E-state index in [-0.39, 0.29) is 11.5 Å². The van der Waals surface area contributed by atoms with E-state index in [0.29, 0.717) is 6.54 Å². The van der Waals surface area contributed by atoms with Crippen LogP contribution in [0.4, 0.5) is 4.79 Å². The summed E-state index contributed by atoms with van der Waals surface area (Å²) < 4.78 is 5.16. The number of hydrogen-bond acceptors (Lipinski definition) is 2. The van der Waals surface area contributed by atoms with Crippen LogP contribution >= 0.6 is 0 Å². The third-order valence-electron chi connectivity index (χ3n) is 2.04. The first-order valence-electron chi connectivity index (χ1n) is 5.63. The van der Waals surface area contributed by atoms with Gasteiger partial charge in [0.15, 0.2) is 0 Å². The van der Waals surface area contributed by atoms with E-state index in [9.17, 15) is 4.79 Å². The van der Waals surface area contributed by atoms with Crippen molar-refractivity contribution in [3.63, 3.8) is 0 Å². The van der Waals surface area contributed by atoms with Gasteiger partial charge in [-0.25, -0.2) is 4.79 Å². The van der Waals surface area contributed by atoms with Gasteiger partial charge in [-0.3, -0.25) is 0 Å². The Morgan fingerprint density at radius 2 is 1.73 bits per heavy atom. The zero-order chi connectivity index (χ0) is 12.1. The van der Waals surface area contributed by atoms with Gasteiger partial charge in [0.05, 0.1) is 0 Å². The van der Waals surface area contributed by atoms with Crippen molar-refractivity contribution in [3.8, 4) is 0 Å². The summed E-state index contributed by atoms with van der Waals surface area (Å²) in [5.74, 6) is 0. The molecule has 3 nitrogen and oxygen atoms in total. The number of amides is 1. The van der Waals surface area contributed by atoms with E-state index < -0.39 is 5.60 Å². The Balaban J connectivity index is 3.90. The number of ether oxygens (including phenoxy) is 1. The molecule has 0 heterocycles. The van der Waals surface area contributed by atoms with Gasteiger partial charge < -0.3 is 10.1 Å². The summed E-state index contributed by atoms with van der Waals surface area (Å²) in [5, 5.41) is 2.80. The molecule has 0 atom stereocenters. The van der Waals surface area contributed by atoms with Crippen molar-refractivity contribution in [2.24, 2.45) is 5.41 Å². The molecule has 0 fully saturated rings. The third kappa shape index (κ3) is 8.28. The molecule has 1 amide bonds. The van der Waals surface area contributed by atoms with Gasteiger partial charge in [-0.05, 0) is 32.6 Å². The smallest absolute Gasteiger partial charge is 0.407 e. The summed E-state index contributed by atoms with van der Waals surface area (Å²) in [6.45, 7) is 12.7. The molecule has 15 heavy (non-hydrogen) atoms. The van der Waals surface area contributed by atoms with Crippen LogP contribution < -0.4 is 5.32 Å². The SMILES string of the molecule is CCCC(C)(C)CNC(=O)OC(C)(C)C. The molecular weight excluding hydrogens is 190 g/mol. The summed E-state index contributed by atoms with van der Waals surface area (Å²) >= 11 is 0. The molecule has 0 saturated heterocycles. The molecule has 0 radical (unpaired) electrons. The zero-order valence-electron chi connectivity index (χ0n) is 10.9. The Labute approximate surface area is 93.6 Å². The van der Waals surface area contributed by atoms with Gasteiger partial charge in [-0.2, -0.15) is 0 Å². The first kappa shape index (κ1) is 14.3. The predicted octanol–water partition coefficient (Wildman–Crippen LogP) is 3.34. The van der Waals surface area contributed by atoms with Gasteiger partial charge in [-0.15, -0.1) is 0 Å². The molecule has 0 spiro atoms. The van der Waals surface area contributed by atoms with E-state index in [1.165, 1.54) is 0 Å². The van der Waals surface area contributed by atoms with Crippen LogP contribution in [0.1, 0.15) is 54.4 Å². The minimum atomic E-state index is -0.418. The molecule has 0 bridgehead atoms. The van der Waals surface area contributed by atoms with E-state index in [1.807, 2.05) is 20.8 Å². The minimum Gasteiger partial charge on any atom is -0.444 e. The van der Waals surface area contributed by atoms with Crippen LogP contribution in [-0.2, 0) is 4.74 Å². The molecule has 0 aliphatic heterocycles. The van der Waals surface area contributed by atoms with Crippen LogP contribution in [0.5, 0.6) is 0 Å². The molecule has 1 N–H and O–H groups in total. The second kappa shape index (κ2) is 5.38. The number of hydrogen-bond donors (Lipinski definition) is 1. The Hall–Kier alpha value is -0.730. The molecule has 0 unspecified atom stereocenters. The highest BCUT2D eigenvalue weighted by molar-refractivity contribution is 5.67. The van der Waals surface area contributed by atoms with Gasteiger partial charge in [0, 0.05) is 6.54 Å². The minimum absolute atomic E-state index is 0.144. The molecule has 0 aromatic heterocycles. The van der Waals surface area contributed by atoms with Gasteiger partial charge >= 0.3 is 6.09 Å². The molecule has 0 aromatic carbocycles. The maximum Gasteiger partial charge on any atom is 0.407 e. The van der Waals surface area contributed by atoms with Crippen LogP contribution in [-0.4, -0.2) is 18.2 Å². The fraction of sp³-hybridized carbons (Fsp3) is 0.917. The monoisotopic (exact) mass is 215 g/mol. The fourth-order valence-electron chi connectivity index (χ4n) is 1.39. The van der Waals surface area contributed by atoms with Crippen LogP contribution in [0, 0.1) is 5.41 Å². The molecular formula is C12H25NO2. The first-order valence-corrected chi connectivity index (χ1v) is 5.63. The van der Waals surface area contributed by atoms with Gasteiger partial charge in [-0.1, -0.05) is 27.2 Å². The quantitative estimate of drug-likeness (QED) is 0.781. The Kier molecular flexibility index (Phi) is 5.12. The van der Waals surface area contributed by atoms with Crippen molar-refractivity contribution in [1.82, 2.24) is 5.32 Å². The summed E-state index contributed by atoms with van der Waals surface area (Å²) in [6, 6.07) is 0. The van der Waals surface area contributed by atoms with Crippen LogP contribution in [0.2, 0.25) is 0 Å².